The Hall–Kier alpha value is -0.900. The molecule has 24 heavy (non-hydrogen) atoms. The molecule has 1 aliphatic carbocycles. The summed E-state index contributed by atoms with van der Waals surface area (Å²) in [6, 6.07) is 0.348. The van der Waals surface area contributed by atoms with E-state index in [9.17, 15) is 4.79 Å². The van der Waals surface area contributed by atoms with Crippen molar-refractivity contribution in [3.63, 3.8) is 0 Å². The number of aromatic nitrogens is 1. The summed E-state index contributed by atoms with van der Waals surface area (Å²) in [4.78, 5) is 21.7. The number of carbonyl (C=O) groups is 1. The van der Waals surface area contributed by atoms with E-state index in [2.05, 4.69) is 32.9 Å². The summed E-state index contributed by atoms with van der Waals surface area (Å²) >= 11 is 1.71. The third-order valence-electron chi connectivity index (χ3n) is 3.91. The van der Waals surface area contributed by atoms with Crippen LogP contribution in [0.25, 0.3) is 0 Å². The summed E-state index contributed by atoms with van der Waals surface area (Å²) in [5, 5.41) is 10.5. The minimum Gasteiger partial charge on any atom is -0.356 e. The molecule has 0 bridgehead atoms. The number of nitrogens with zero attached hydrogens (tertiary/aromatic N) is 2. The molecule has 0 radical (unpaired) electrons. The molecule has 0 aromatic carbocycles. The van der Waals surface area contributed by atoms with Crippen molar-refractivity contribution in [2.45, 2.75) is 51.5 Å². The van der Waals surface area contributed by atoms with Crippen molar-refractivity contribution >= 4 is 47.2 Å². The number of rotatable bonds is 6. The smallest absolute Gasteiger partial charge is 0.239 e. The number of halogens is 1. The maximum atomic E-state index is 12.0. The van der Waals surface area contributed by atoms with Crippen LogP contribution < -0.4 is 16.0 Å². The third-order valence-corrected chi connectivity index (χ3v) is 4.88. The van der Waals surface area contributed by atoms with E-state index in [0.29, 0.717) is 12.0 Å². The fourth-order valence-corrected chi connectivity index (χ4v) is 3.50. The lowest BCUT2D eigenvalue weighted by Gasteiger charge is -2.23. The van der Waals surface area contributed by atoms with Crippen molar-refractivity contribution in [1.82, 2.24) is 20.9 Å². The second-order valence-electron chi connectivity index (χ2n) is 5.87. The van der Waals surface area contributed by atoms with E-state index >= 15 is 0 Å². The molecule has 6 nitrogen and oxygen atoms in total. The molecule has 1 amide bonds. The van der Waals surface area contributed by atoms with Gasteiger partial charge in [-0.3, -0.25) is 9.79 Å². The van der Waals surface area contributed by atoms with Gasteiger partial charge in [-0.15, -0.1) is 35.3 Å². The Kier molecular flexibility index (Phi) is 10.2. The van der Waals surface area contributed by atoms with Gasteiger partial charge in [-0.25, -0.2) is 4.98 Å². The average Bonchev–Trinajstić information content (AvgIpc) is 2.97. The van der Waals surface area contributed by atoms with Gasteiger partial charge in [0, 0.05) is 37.1 Å². The molecule has 136 valence electrons. The highest BCUT2D eigenvalue weighted by Gasteiger charge is 2.15. The highest BCUT2D eigenvalue weighted by Crippen LogP contribution is 2.17. The van der Waals surface area contributed by atoms with Gasteiger partial charge in [0.1, 0.15) is 0 Å². The predicted octanol–water partition coefficient (Wildman–Crippen LogP) is 2.23. The number of amides is 1. The van der Waals surface area contributed by atoms with Crippen LogP contribution in [-0.2, 0) is 11.2 Å². The van der Waals surface area contributed by atoms with Crippen LogP contribution in [0.15, 0.2) is 11.2 Å². The molecular formula is C16H28IN5OS. The minimum absolute atomic E-state index is 0. The molecule has 1 heterocycles. The molecule has 0 aliphatic heterocycles. The van der Waals surface area contributed by atoms with Gasteiger partial charge in [-0.05, 0) is 19.8 Å². The first kappa shape index (κ1) is 21.1. The van der Waals surface area contributed by atoms with E-state index in [-0.39, 0.29) is 36.4 Å². The highest BCUT2D eigenvalue weighted by molar-refractivity contribution is 14.0. The predicted molar refractivity (Wildman–Crippen MR) is 110 cm³/mol. The number of hydrogen-bond acceptors (Lipinski definition) is 4. The molecule has 8 heteroatoms. The number of aryl methyl sites for hydroxylation is 1. The van der Waals surface area contributed by atoms with Gasteiger partial charge in [0.05, 0.1) is 11.6 Å². The number of hydrogen-bond donors (Lipinski definition) is 3. The molecule has 0 atom stereocenters. The summed E-state index contributed by atoms with van der Waals surface area (Å²) in [6.45, 7) is 3.06. The van der Waals surface area contributed by atoms with E-state index in [1.165, 1.54) is 24.1 Å². The Morgan fingerprint density at radius 3 is 2.71 bits per heavy atom. The lowest BCUT2D eigenvalue weighted by molar-refractivity contribution is -0.120. The first-order valence-electron chi connectivity index (χ1n) is 8.32. The SMILES string of the molecule is CN=C(NCCc1ncc(C)s1)NCC(=O)NC1CCCCC1.I. The van der Waals surface area contributed by atoms with Crippen LogP contribution in [0.4, 0.5) is 0 Å². The molecule has 0 spiro atoms. The van der Waals surface area contributed by atoms with Crippen LogP contribution in [0.3, 0.4) is 0 Å². The van der Waals surface area contributed by atoms with Crippen LogP contribution >= 0.6 is 35.3 Å². The van der Waals surface area contributed by atoms with Crippen LogP contribution in [0, 0.1) is 6.92 Å². The van der Waals surface area contributed by atoms with Gasteiger partial charge in [-0.1, -0.05) is 19.3 Å². The second kappa shape index (κ2) is 11.6. The number of guanidine groups is 1. The second-order valence-corrected chi connectivity index (χ2v) is 7.19. The van der Waals surface area contributed by atoms with Crippen molar-refractivity contribution < 1.29 is 4.79 Å². The number of nitrogens with one attached hydrogen (secondary N) is 3. The van der Waals surface area contributed by atoms with Crippen LogP contribution in [0.5, 0.6) is 0 Å². The van der Waals surface area contributed by atoms with Gasteiger partial charge in [-0.2, -0.15) is 0 Å². The zero-order chi connectivity index (χ0) is 16.5. The van der Waals surface area contributed by atoms with E-state index in [1.807, 2.05) is 6.20 Å². The van der Waals surface area contributed by atoms with E-state index in [0.717, 1.165) is 30.8 Å². The van der Waals surface area contributed by atoms with Crippen molar-refractivity contribution in [3.8, 4) is 0 Å². The topological polar surface area (TPSA) is 78.4 Å². The molecular weight excluding hydrogens is 437 g/mol. The summed E-state index contributed by atoms with van der Waals surface area (Å²) in [5.74, 6) is 0.687. The maximum absolute atomic E-state index is 12.0. The summed E-state index contributed by atoms with van der Waals surface area (Å²) in [7, 11) is 1.71. The first-order valence-corrected chi connectivity index (χ1v) is 9.14. The third kappa shape index (κ3) is 7.78. The molecule has 1 aromatic rings. The zero-order valence-corrected chi connectivity index (χ0v) is 17.6. The molecule has 1 aliphatic rings. The summed E-state index contributed by atoms with van der Waals surface area (Å²) in [6.07, 6.45) is 8.68. The standard InChI is InChI=1S/C16H27N5OS.HI/c1-12-10-19-15(23-12)8-9-18-16(17-2)20-11-14(22)21-13-6-4-3-5-7-13;/h10,13H,3-9,11H2,1-2H3,(H,21,22)(H2,17,18,20);1H. The Morgan fingerprint density at radius 2 is 2.08 bits per heavy atom. The minimum atomic E-state index is 0. The monoisotopic (exact) mass is 465 g/mol. The molecule has 1 saturated carbocycles. The van der Waals surface area contributed by atoms with Gasteiger partial charge >= 0.3 is 0 Å². The Labute approximate surface area is 165 Å². The molecule has 1 fully saturated rings. The molecule has 1 aromatic heterocycles. The van der Waals surface area contributed by atoms with E-state index in [1.54, 1.807) is 18.4 Å². The molecule has 2 rings (SSSR count). The summed E-state index contributed by atoms with van der Waals surface area (Å²) < 4.78 is 0. The van der Waals surface area contributed by atoms with Crippen LogP contribution in [-0.4, -0.2) is 43.0 Å². The van der Waals surface area contributed by atoms with Crippen molar-refractivity contribution in [3.05, 3.63) is 16.1 Å². The molecule has 0 unspecified atom stereocenters. The summed E-state index contributed by atoms with van der Waals surface area (Å²) in [5.41, 5.74) is 0. The number of carbonyl (C=O) groups excluding carboxylic acids is 1. The quantitative estimate of drug-likeness (QED) is 0.342. The van der Waals surface area contributed by atoms with E-state index < -0.39 is 0 Å². The Balaban J connectivity index is 0.00000288. The Bertz CT molecular complexity index is 528. The average molecular weight is 465 g/mol. The van der Waals surface area contributed by atoms with Crippen molar-refractivity contribution in [1.29, 1.82) is 0 Å². The maximum Gasteiger partial charge on any atom is 0.239 e. The van der Waals surface area contributed by atoms with Gasteiger partial charge in [0.25, 0.3) is 0 Å². The van der Waals surface area contributed by atoms with Gasteiger partial charge in [0.15, 0.2) is 5.96 Å². The largest absolute Gasteiger partial charge is 0.356 e. The van der Waals surface area contributed by atoms with Gasteiger partial charge < -0.3 is 16.0 Å². The van der Waals surface area contributed by atoms with Crippen molar-refractivity contribution in [2.75, 3.05) is 20.1 Å². The lowest BCUT2D eigenvalue weighted by atomic mass is 9.95. The highest BCUT2D eigenvalue weighted by atomic mass is 127. The van der Waals surface area contributed by atoms with E-state index in [4.69, 9.17) is 0 Å². The lowest BCUT2D eigenvalue weighted by Crippen LogP contribution is -2.46. The number of thiazole rings is 1. The normalized spacial score (nSPS) is 15.5. The fourth-order valence-electron chi connectivity index (χ4n) is 2.72. The van der Waals surface area contributed by atoms with Crippen LogP contribution in [0.1, 0.15) is 42.0 Å². The van der Waals surface area contributed by atoms with Gasteiger partial charge in [0.2, 0.25) is 5.91 Å². The first-order chi connectivity index (χ1) is 11.2. The molecule has 3 N–H and O–H groups in total. The van der Waals surface area contributed by atoms with Crippen LogP contribution in [0.2, 0.25) is 0 Å². The zero-order valence-electron chi connectivity index (χ0n) is 14.4. The fraction of sp³-hybridized carbons (Fsp3) is 0.688. The van der Waals surface area contributed by atoms with Crippen molar-refractivity contribution in [2.24, 2.45) is 4.99 Å². The molecule has 0 saturated heterocycles. The Morgan fingerprint density at radius 1 is 1.33 bits per heavy atom. The number of aliphatic imine (C=N–C) groups is 1.